The van der Waals surface area contributed by atoms with Crippen molar-refractivity contribution >= 4 is 45.0 Å². The molecule has 1 aliphatic heterocycles. The Morgan fingerprint density at radius 3 is 2.23 bits per heavy atom. The van der Waals surface area contributed by atoms with E-state index in [9.17, 15) is 0 Å². The quantitative estimate of drug-likeness (QED) is 0.559. The number of thiophene rings is 1. The van der Waals surface area contributed by atoms with Gasteiger partial charge in [-0.15, -0.1) is 11.3 Å². The second-order valence-electron chi connectivity index (χ2n) is 6.63. The number of aryl methyl sites for hydroxylation is 1. The first-order chi connectivity index (χ1) is 14.8. The third-order valence-electron chi connectivity index (χ3n) is 4.59. The molecular formula is C22H26NO5S2+. The van der Waals surface area contributed by atoms with Gasteiger partial charge in [-0.1, -0.05) is 23.5 Å². The van der Waals surface area contributed by atoms with Gasteiger partial charge in [0.1, 0.15) is 25.0 Å². The highest BCUT2D eigenvalue weighted by atomic mass is 32.1. The van der Waals surface area contributed by atoms with Crippen LogP contribution in [0.1, 0.15) is 9.88 Å². The van der Waals surface area contributed by atoms with Crippen molar-refractivity contribution in [2.45, 2.75) is 0 Å². The zero-order valence-electron chi connectivity index (χ0n) is 17.0. The summed E-state index contributed by atoms with van der Waals surface area (Å²) in [5, 5.41) is 3.16. The van der Waals surface area contributed by atoms with E-state index in [1.54, 1.807) is 22.7 Å². The summed E-state index contributed by atoms with van der Waals surface area (Å²) >= 11 is 3.38. The molecule has 0 amide bonds. The minimum Gasteiger partial charge on any atom is -0.486 e. The first kappa shape index (κ1) is 21.3. The van der Waals surface area contributed by atoms with E-state index in [0.717, 1.165) is 16.4 Å². The molecule has 0 unspecified atom stereocenters. The van der Waals surface area contributed by atoms with Crippen molar-refractivity contribution in [1.82, 2.24) is 0 Å². The standard InChI is InChI=1S/C22H26NO5S2/c1-23-17-4-2-3-5-19(17)30-21(23)7-6-20-22-18(16-29-20)27-14-12-25-10-8-24-9-11-26-13-15-28-22/h2-7,16H,8-15H2,1H3/q+1/b7-6+. The largest absolute Gasteiger partial charge is 0.486 e. The molecule has 0 radical (unpaired) electrons. The van der Waals surface area contributed by atoms with Crippen molar-refractivity contribution in [3.8, 4) is 11.5 Å². The smallest absolute Gasteiger partial charge is 0.262 e. The number of nitrogens with zero attached hydrogens (tertiary/aromatic N) is 1. The van der Waals surface area contributed by atoms with Gasteiger partial charge >= 0.3 is 0 Å². The fourth-order valence-corrected chi connectivity index (χ4v) is 4.95. The third-order valence-corrected chi connectivity index (χ3v) is 6.68. The summed E-state index contributed by atoms with van der Waals surface area (Å²) in [6.45, 7) is 4.17. The predicted octanol–water partition coefficient (Wildman–Crippen LogP) is 3.78. The van der Waals surface area contributed by atoms with Gasteiger partial charge in [0.15, 0.2) is 11.5 Å². The number of aromatic nitrogens is 1. The van der Waals surface area contributed by atoms with Crippen LogP contribution < -0.4 is 14.0 Å². The normalized spacial score (nSPS) is 17.1. The lowest BCUT2D eigenvalue weighted by atomic mass is 10.3. The van der Waals surface area contributed by atoms with Crippen LogP contribution in [0.5, 0.6) is 11.5 Å². The monoisotopic (exact) mass is 448 g/mol. The lowest BCUT2D eigenvalue weighted by molar-refractivity contribution is -0.642. The number of para-hydroxylation sites is 1. The summed E-state index contributed by atoms with van der Waals surface area (Å²) in [7, 11) is 2.09. The fraction of sp³-hybridized carbons (Fsp3) is 0.409. The molecule has 160 valence electrons. The van der Waals surface area contributed by atoms with E-state index in [1.807, 2.05) is 5.38 Å². The van der Waals surface area contributed by atoms with Gasteiger partial charge in [-0.05, 0) is 12.1 Å². The van der Waals surface area contributed by atoms with Crippen LogP contribution in [-0.2, 0) is 21.3 Å². The van der Waals surface area contributed by atoms with E-state index >= 15 is 0 Å². The van der Waals surface area contributed by atoms with Crippen LogP contribution in [0.4, 0.5) is 0 Å². The van der Waals surface area contributed by atoms with Crippen molar-refractivity contribution in [2.75, 3.05) is 52.9 Å². The van der Waals surface area contributed by atoms with Crippen molar-refractivity contribution in [3.63, 3.8) is 0 Å². The molecule has 8 heteroatoms. The molecule has 30 heavy (non-hydrogen) atoms. The van der Waals surface area contributed by atoms with E-state index in [-0.39, 0.29) is 0 Å². The molecule has 0 aliphatic carbocycles. The maximum Gasteiger partial charge on any atom is 0.262 e. The highest BCUT2D eigenvalue weighted by Crippen LogP contribution is 2.39. The maximum absolute atomic E-state index is 6.04. The Bertz CT molecular complexity index is 981. The average molecular weight is 449 g/mol. The molecule has 0 bridgehead atoms. The number of ether oxygens (including phenoxy) is 5. The van der Waals surface area contributed by atoms with Crippen LogP contribution in [0, 0.1) is 0 Å². The first-order valence-electron chi connectivity index (χ1n) is 9.99. The van der Waals surface area contributed by atoms with Crippen molar-refractivity contribution < 1.29 is 28.3 Å². The molecule has 2 aromatic heterocycles. The Morgan fingerprint density at radius 2 is 1.50 bits per heavy atom. The van der Waals surface area contributed by atoms with Gasteiger partial charge in [0, 0.05) is 17.5 Å². The lowest BCUT2D eigenvalue weighted by Gasteiger charge is -2.10. The van der Waals surface area contributed by atoms with Crippen LogP contribution in [-0.4, -0.2) is 52.9 Å². The van der Waals surface area contributed by atoms with Gasteiger partial charge in [0.2, 0.25) is 5.52 Å². The van der Waals surface area contributed by atoms with Gasteiger partial charge in [0.25, 0.3) is 5.01 Å². The second-order valence-corrected chi connectivity index (χ2v) is 8.60. The summed E-state index contributed by atoms with van der Waals surface area (Å²) in [6, 6.07) is 8.42. The molecule has 0 N–H and O–H groups in total. The summed E-state index contributed by atoms with van der Waals surface area (Å²) in [5.41, 5.74) is 1.23. The zero-order chi connectivity index (χ0) is 20.6. The third kappa shape index (κ3) is 5.39. The Morgan fingerprint density at radius 1 is 0.833 bits per heavy atom. The first-order valence-corrected chi connectivity index (χ1v) is 11.7. The molecular weight excluding hydrogens is 422 g/mol. The fourth-order valence-electron chi connectivity index (χ4n) is 3.07. The van der Waals surface area contributed by atoms with Crippen LogP contribution >= 0.6 is 22.7 Å². The van der Waals surface area contributed by atoms with Crippen LogP contribution in [0.15, 0.2) is 29.6 Å². The van der Waals surface area contributed by atoms with Crippen LogP contribution in [0.25, 0.3) is 22.4 Å². The Kier molecular flexibility index (Phi) is 7.71. The molecule has 6 nitrogen and oxygen atoms in total. The predicted molar refractivity (Wildman–Crippen MR) is 120 cm³/mol. The van der Waals surface area contributed by atoms with E-state index in [1.165, 1.54) is 15.2 Å². The molecule has 0 saturated heterocycles. The van der Waals surface area contributed by atoms with Crippen molar-refractivity contribution in [1.29, 1.82) is 0 Å². The molecule has 0 spiro atoms. The zero-order valence-corrected chi connectivity index (χ0v) is 18.6. The lowest BCUT2D eigenvalue weighted by Crippen LogP contribution is -2.28. The minimum absolute atomic E-state index is 0.459. The SMILES string of the molecule is C[n+]1c(/C=C/c2scc3c2OCCOCCOCCOCCO3)sc2ccccc21. The number of hydrogen-bond donors (Lipinski definition) is 0. The van der Waals surface area contributed by atoms with Crippen LogP contribution in [0.3, 0.4) is 0 Å². The van der Waals surface area contributed by atoms with E-state index < -0.39 is 0 Å². The summed E-state index contributed by atoms with van der Waals surface area (Å²) in [5.74, 6) is 1.50. The molecule has 0 saturated carbocycles. The van der Waals surface area contributed by atoms with E-state index in [0.29, 0.717) is 52.9 Å². The van der Waals surface area contributed by atoms with Gasteiger partial charge < -0.3 is 23.7 Å². The van der Waals surface area contributed by atoms with Crippen LogP contribution in [0.2, 0.25) is 0 Å². The molecule has 3 heterocycles. The minimum atomic E-state index is 0.459. The summed E-state index contributed by atoms with van der Waals surface area (Å²) in [4.78, 5) is 1.02. The number of hydrogen-bond acceptors (Lipinski definition) is 7. The highest BCUT2D eigenvalue weighted by molar-refractivity contribution is 7.19. The summed E-state index contributed by atoms with van der Waals surface area (Å²) < 4.78 is 32.0. The second kappa shape index (κ2) is 10.9. The molecule has 4 rings (SSSR count). The highest BCUT2D eigenvalue weighted by Gasteiger charge is 2.16. The molecule has 0 atom stereocenters. The molecule has 3 aromatic rings. The van der Waals surface area contributed by atoms with E-state index in [4.69, 9.17) is 23.7 Å². The number of benzene rings is 1. The topological polar surface area (TPSA) is 50.0 Å². The van der Waals surface area contributed by atoms with Gasteiger partial charge in [-0.2, -0.15) is 4.57 Å². The Labute approximate surface area is 184 Å². The Balaban J connectivity index is 1.51. The van der Waals surface area contributed by atoms with Gasteiger partial charge in [-0.3, -0.25) is 0 Å². The van der Waals surface area contributed by atoms with Crippen molar-refractivity contribution in [3.05, 3.63) is 39.5 Å². The van der Waals surface area contributed by atoms with Crippen molar-refractivity contribution in [2.24, 2.45) is 7.05 Å². The molecule has 1 aromatic carbocycles. The summed E-state index contributed by atoms with van der Waals surface area (Å²) in [6.07, 6.45) is 4.23. The maximum atomic E-state index is 6.04. The van der Waals surface area contributed by atoms with Gasteiger partial charge in [0.05, 0.1) is 44.5 Å². The number of thiazole rings is 1. The van der Waals surface area contributed by atoms with Gasteiger partial charge in [-0.25, -0.2) is 0 Å². The van der Waals surface area contributed by atoms with E-state index in [2.05, 4.69) is 48.0 Å². The Hall–Kier alpha value is -1.97. The number of rotatable bonds is 2. The molecule has 0 fully saturated rings. The molecule has 1 aliphatic rings. The average Bonchev–Trinajstić information content (AvgIpc) is 3.29. The number of fused-ring (bicyclic) bond motifs is 2.